The molecule has 1 aliphatic heterocycles. The Bertz CT molecular complexity index is 144. The summed E-state index contributed by atoms with van der Waals surface area (Å²) in [5, 5.41) is 1.33. The molecule has 0 bridgehead atoms. The zero-order valence-corrected chi connectivity index (χ0v) is 8.39. The minimum absolute atomic E-state index is 0.495. The Morgan fingerprint density at radius 1 is 1.55 bits per heavy atom. The van der Waals surface area contributed by atoms with E-state index in [1.807, 2.05) is 0 Å². The normalized spacial score (nSPS) is 30.7. The predicted octanol–water partition coefficient (Wildman–Crippen LogP) is 2.67. The van der Waals surface area contributed by atoms with Crippen molar-refractivity contribution < 1.29 is 4.74 Å². The first-order valence-corrected chi connectivity index (χ1v) is 4.88. The van der Waals surface area contributed by atoms with Crippen LogP contribution in [0.1, 0.15) is 39.5 Å². The minimum Gasteiger partial charge on any atom is -0.375 e. The Kier molecular flexibility index (Phi) is 3.54. The molecule has 1 fully saturated rings. The molecule has 0 radical (unpaired) electrons. The number of hydrogen-bond donors (Lipinski definition) is 0. The van der Waals surface area contributed by atoms with E-state index in [1.165, 1.54) is 24.6 Å². The van der Waals surface area contributed by atoms with Crippen molar-refractivity contribution >= 4 is 14.2 Å². The molecule has 0 saturated carbocycles. The van der Waals surface area contributed by atoms with Crippen molar-refractivity contribution in [2.24, 2.45) is 0 Å². The maximum Gasteiger partial charge on any atom is 0.0582 e. The average molecular weight is 172 g/mol. The minimum atomic E-state index is 0.495. The first kappa shape index (κ1) is 9.22. The average Bonchev–Trinajstić information content (AvgIpc) is 2.31. The largest absolute Gasteiger partial charge is 0.375 e. The molecular weight excluding hydrogens is 155 g/mol. The summed E-state index contributed by atoms with van der Waals surface area (Å²) in [4.78, 5) is 0. The van der Waals surface area contributed by atoms with Crippen LogP contribution in [0.5, 0.6) is 0 Å². The predicted molar refractivity (Wildman–Crippen MR) is 51.8 cm³/mol. The lowest BCUT2D eigenvalue weighted by Crippen LogP contribution is -2.08. The van der Waals surface area contributed by atoms with E-state index in [0.29, 0.717) is 12.2 Å². The van der Waals surface area contributed by atoms with Crippen molar-refractivity contribution in [3.8, 4) is 0 Å². The maximum absolute atomic E-state index is 5.68. The molecule has 0 aliphatic carbocycles. The summed E-state index contributed by atoms with van der Waals surface area (Å²) in [6.07, 6.45) is 5.84. The van der Waals surface area contributed by atoms with Gasteiger partial charge in [-0.25, -0.2) is 0 Å². The summed E-state index contributed by atoms with van der Waals surface area (Å²) in [5.41, 5.74) is 0. The maximum atomic E-state index is 5.68. The van der Waals surface area contributed by atoms with Crippen LogP contribution in [0.2, 0.25) is 0 Å². The number of hydrogen-bond acceptors (Lipinski definition) is 1. The second kappa shape index (κ2) is 4.23. The molecule has 64 valence electrons. The molecule has 1 saturated heterocycles. The van der Waals surface area contributed by atoms with Gasteiger partial charge < -0.3 is 4.74 Å². The van der Waals surface area contributed by atoms with E-state index in [1.54, 1.807) is 0 Å². The lowest BCUT2D eigenvalue weighted by molar-refractivity contribution is 0.0523. The van der Waals surface area contributed by atoms with Crippen molar-refractivity contribution in [1.29, 1.82) is 0 Å². The Balaban J connectivity index is 2.13. The van der Waals surface area contributed by atoms with Crippen LogP contribution in [0.4, 0.5) is 0 Å². The quantitative estimate of drug-likeness (QED) is 0.595. The molecule has 0 amide bonds. The monoisotopic (exact) mass is 172 g/mol. The van der Waals surface area contributed by atoms with Crippen molar-refractivity contribution in [3.63, 3.8) is 0 Å². The van der Waals surface area contributed by atoms with Gasteiger partial charge in [-0.2, -0.15) is 0 Å². The Hall–Kier alpha value is 0.130. The highest BCUT2D eigenvalue weighted by Gasteiger charge is 2.20. The van der Waals surface area contributed by atoms with Crippen LogP contribution < -0.4 is 0 Å². The van der Waals surface area contributed by atoms with Crippen molar-refractivity contribution in [2.75, 3.05) is 0 Å². The molecule has 1 aliphatic rings. The van der Waals surface area contributed by atoms with Gasteiger partial charge in [0.25, 0.3) is 0 Å². The van der Waals surface area contributed by atoms with Gasteiger partial charge >= 0.3 is 0 Å². The third-order valence-electron chi connectivity index (χ3n) is 2.16. The second-order valence-corrected chi connectivity index (χ2v) is 4.32. The molecule has 0 aromatic heterocycles. The summed E-state index contributed by atoms with van der Waals surface area (Å²) in [5.74, 6) is 0. The standard InChI is InChI=1S/C9H17OP/c1-7-3-5-9(10-7)6-4-8(2)11/h7,9,11H,3-6H2,1-2H3. The topological polar surface area (TPSA) is 9.23 Å². The SMILES string of the molecule is CC(=P)CCC1CCC(C)O1. The molecule has 1 rings (SSSR count). The summed E-state index contributed by atoms with van der Waals surface area (Å²) >= 11 is 0. The van der Waals surface area contributed by atoms with Crippen LogP contribution in [-0.2, 0) is 4.74 Å². The zero-order chi connectivity index (χ0) is 8.27. The van der Waals surface area contributed by atoms with Gasteiger partial charge in [0.05, 0.1) is 12.2 Å². The number of ether oxygens (including phenoxy) is 1. The fraction of sp³-hybridized carbons (Fsp3) is 0.889. The van der Waals surface area contributed by atoms with E-state index >= 15 is 0 Å². The molecule has 0 spiro atoms. The fourth-order valence-electron chi connectivity index (χ4n) is 1.48. The molecule has 2 heteroatoms. The number of rotatable bonds is 3. The van der Waals surface area contributed by atoms with Crippen LogP contribution in [0.25, 0.3) is 0 Å². The molecular formula is C9H17OP. The van der Waals surface area contributed by atoms with Crippen molar-refractivity contribution in [3.05, 3.63) is 0 Å². The molecule has 2 atom stereocenters. The third kappa shape index (κ3) is 3.35. The molecule has 0 N–H and O–H groups in total. The van der Waals surface area contributed by atoms with Gasteiger partial charge in [-0.1, -0.05) is 5.29 Å². The van der Waals surface area contributed by atoms with Crippen LogP contribution in [0, 0.1) is 0 Å². The Morgan fingerprint density at radius 3 is 2.73 bits per heavy atom. The lowest BCUT2D eigenvalue weighted by atomic mass is 10.1. The molecule has 11 heavy (non-hydrogen) atoms. The smallest absolute Gasteiger partial charge is 0.0582 e. The van der Waals surface area contributed by atoms with Gasteiger partial charge in [0, 0.05) is 0 Å². The fourth-order valence-corrected chi connectivity index (χ4v) is 1.62. The summed E-state index contributed by atoms with van der Waals surface area (Å²) in [6.45, 7) is 4.26. The molecule has 0 aromatic carbocycles. The van der Waals surface area contributed by atoms with E-state index in [4.69, 9.17) is 4.74 Å². The molecule has 1 nitrogen and oxygen atoms in total. The van der Waals surface area contributed by atoms with Crippen LogP contribution in [0.3, 0.4) is 0 Å². The van der Waals surface area contributed by atoms with Crippen molar-refractivity contribution in [2.45, 2.75) is 51.7 Å². The van der Waals surface area contributed by atoms with E-state index < -0.39 is 0 Å². The highest BCUT2D eigenvalue weighted by atomic mass is 31.0. The van der Waals surface area contributed by atoms with E-state index in [-0.39, 0.29) is 0 Å². The van der Waals surface area contributed by atoms with Gasteiger partial charge in [0.1, 0.15) is 0 Å². The van der Waals surface area contributed by atoms with Crippen LogP contribution in [-0.4, -0.2) is 17.5 Å². The van der Waals surface area contributed by atoms with E-state index in [0.717, 1.165) is 6.42 Å². The second-order valence-electron chi connectivity index (χ2n) is 3.47. The van der Waals surface area contributed by atoms with Gasteiger partial charge in [-0.3, -0.25) is 0 Å². The summed E-state index contributed by atoms with van der Waals surface area (Å²) in [6, 6.07) is 0. The van der Waals surface area contributed by atoms with Gasteiger partial charge in [0.2, 0.25) is 0 Å². The Morgan fingerprint density at radius 2 is 2.27 bits per heavy atom. The van der Waals surface area contributed by atoms with Gasteiger partial charge in [0.15, 0.2) is 0 Å². The van der Waals surface area contributed by atoms with E-state index in [2.05, 4.69) is 22.7 Å². The highest BCUT2D eigenvalue weighted by molar-refractivity contribution is 7.20. The third-order valence-corrected chi connectivity index (χ3v) is 2.41. The highest BCUT2D eigenvalue weighted by Crippen LogP contribution is 2.22. The van der Waals surface area contributed by atoms with Crippen LogP contribution in [0.15, 0.2) is 0 Å². The van der Waals surface area contributed by atoms with E-state index in [9.17, 15) is 0 Å². The lowest BCUT2D eigenvalue weighted by Gasteiger charge is -2.09. The first-order chi connectivity index (χ1) is 5.18. The van der Waals surface area contributed by atoms with Crippen LogP contribution >= 0.6 is 8.86 Å². The Labute approximate surface area is 71.4 Å². The van der Waals surface area contributed by atoms with Crippen molar-refractivity contribution in [1.82, 2.24) is 0 Å². The zero-order valence-electron chi connectivity index (χ0n) is 7.39. The van der Waals surface area contributed by atoms with Gasteiger partial charge in [-0.05, 0) is 39.5 Å². The molecule has 1 heterocycles. The summed E-state index contributed by atoms with van der Waals surface area (Å²) in [7, 11) is 3.50. The molecule has 0 aromatic rings. The molecule has 2 unspecified atom stereocenters. The first-order valence-electron chi connectivity index (χ1n) is 4.38. The van der Waals surface area contributed by atoms with Gasteiger partial charge in [-0.15, -0.1) is 8.86 Å². The summed E-state index contributed by atoms with van der Waals surface area (Å²) < 4.78 is 5.68.